The molecule has 14 nitrogen and oxygen atoms in total. The third kappa shape index (κ3) is 3.52. The Bertz CT molecular complexity index is 1270. The number of hydrogen-bond acceptors (Lipinski definition) is 8. The lowest BCUT2D eigenvalue weighted by molar-refractivity contribution is -0.158. The van der Waals surface area contributed by atoms with Crippen LogP contribution in [-0.2, 0) is 9.59 Å². The molecular formula is C22H24N8O6. The number of ether oxygens (including phenoxy) is 1. The molecule has 3 aliphatic heterocycles. The number of aromatic nitrogens is 3. The Morgan fingerprint density at radius 1 is 0.972 bits per heavy atom. The molecule has 4 atom stereocenters. The van der Waals surface area contributed by atoms with Crippen LogP contribution in [0.5, 0.6) is 5.75 Å². The molecule has 3 aliphatic rings. The Kier molecular flexibility index (Phi) is 5.57. The van der Waals surface area contributed by atoms with Gasteiger partial charge in [0.1, 0.15) is 17.8 Å². The van der Waals surface area contributed by atoms with E-state index in [1.165, 1.54) is 16.9 Å². The van der Waals surface area contributed by atoms with Gasteiger partial charge in [-0.25, -0.2) is 4.68 Å². The van der Waals surface area contributed by atoms with Gasteiger partial charge in [-0.3, -0.25) is 24.0 Å². The van der Waals surface area contributed by atoms with E-state index in [2.05, 4.69) is 15.6 Å². The number of nitrogens with one attached hydrogen (secondary N) is 1. The zero-order valence-electron chi connectivity index (χ0n) is 19.3. The van der Waals surface area contributed by atoms with Crippen LogP contribution in [0.2, 0.25) is 0 Å². The summed E-state index contributed by atoms with van der Waals surface area (Å²) in [6.45, 7) is 0.486. The normalized spacial score (nSPS) is 24.9. The van der Waals surface area contributed by atoms with Crippen molar-refractivity contribution in [1.82, 2.24) is 30.1 Å². The average Bonchev–Trinajstić information content (AvgIpc) is 3.59. The maximum atomic E-state index is 13.5. The van der Waals surface area contributed by atoms with Gasteiger partial charge in [-0.05, 0) is 37.1 Å². The number of amides is 5. The summed E-state index contributed by atoms with van der Waals surface area (Å²) in [4.78, 5) is 66.5. The van der Waals surface area contributed by atoms with Crippen molar-refractivity contribution in [3.8, 4) is 5.75 Å². The van der Waals surface area contributed by atoms with Crippen molar-refractivity contribution in [2.75, 3.05) is 20.2 Å². The Hall–Kier alpha value is -4.49. The summed E-state index contributed by atoms with van der Waals surface area (Å²) >= 11 is 0. The summed E-state index contributed by atoms with van der Waals surface area (Å²) in [6, 6.07) is 3.44. The Balaban J connectivity index is 1.38. The van der Waals surface area contributed by atoms with Crippen LogP contribution < -0.4 is 21.5 Å². The van der Waals surface area contributed by atoms with Crippen LogP contribution in [0.3, 0.4) is 0 Å². The van der Waals surface area contributed by atoms with Crippen molar-refractivity contribution in [3.63, 3.8) is 0 Å². The van der Waals surface area contributed by atoms with Crippen molar-refractivity contribution in [2.24, 2.45) is 11.5 Å². The molecule has 188 valence electrons. The molecule has 0 spiro atoms. The number of hydrogen-bond donors (Lipinski definition) is 3. The molecule has 3 saturated heterocycles. The highest BCUT2D eigenvalue weighted by molar-refractivity contribution is 6.04. The highest BCUT2D eigenvalue weighted by Gasteiger charge is 2.57. The van der Waals surface area contributed by atoms with E-state index < -0.39 is 41.7 Å². The average molecular weight is 496 g/mol. The first kappa shape index (κ1) is 23.3. The van der Waals surface area contributed by atoms with Crippen LogP contribution in [0.1, 0.15) is 50.2 Å². The fourth-order valence-corrected chi connectivity index (χ4v) is 5.33. The van der Waals surface area contributed by atoms with Crippen LogP contribution in [0.15, 0.2) is 24.3 Å². The number of nitrogens with two attached hydrogens (primary N) is 2. The van der Waals surface area contributed by atoms with Crippen molar-refractivity contribution < 1.29 is 28.7 Å². The fourth-order valence-electron chi connectivity index (χ4n) is 5.33. The van der Waals surface area contributed by atoms with E-state index in [9.17, 15) is 24.0 Å². The predicted octanol–water partition coefficient (Wildman–Crippen LogP) is -1.96. The van der Waals surface area contributed by atoms with Gasteiger partial charge in [0.05, 0.1) is 19.2 Å². The van der Waals surface area contributed by atoms with E-state index >= 15 is 0 Å². The molecule has 36 heavy (non-hydrogen) atoms. The molecule has 1 aromatic carbocycles. The van der Waals surface area contributed by atoms with Gasteiger partial charge < -0.3 is 31.3 Å². The number of primary amides is 2. The van der Waals surface area contributed by atoms with E-state index in [-0.39, 0.29) is 42.9 Å². The molecule has 5 N–H and O–H groups in total. The zero-order valence-corrected chi connectivity index (χ0v) is 19.3. The van der Waals surface area contributed by atoms with Crippen molar-refractivity contribution in [3.05, 3.63) is 41.2 Å². The number of nitrogens with zero attached hydrogens (tertiary/aromatic N) is 5. The maximum Gasteiger partial charge on any atom is 0.271 e. The van der Waals surface area contributed by atoms with Gasteiger partial charge in [-0.15, -0.1) is 5.10 Å². The van der Waals surface area contributed by atoms with Gasteiger partial charge in [0, 0.05) is 18.7 Å². The highest BCUT2D eigenvalue weighted by Crippen LogP contribution is 2.38. The van der Waals surface area contributed by atoms with Crippen LogP contribution in [0, 0.1) is 0 Å². The van der Waals surface area contributed by atoms with Crippen molar-refractivity contribution >= 4 is 29.5 Å². The summed E-state index contributed by atoms with van der Waals surface area (Å²) in [6.07, 6.45) is 0.685. The number of fused-ring (bicyclic) bond motifs is 2. The smallest absolute Gasteiger partial charge is 0.271 e. The van der Waals surface area contributed by atoms with Crippen LogP contribution in [0.25, 0.3) is 0 Å². The molecular weight excluding hydrogens is 472 g/mol. The number of methoxy groups -OCH3 is 1. The molecule has 0 radical (unpaired) electrons. The zero-order chi connectivity index (χ0) is 25.7. The minimum absolute atomic E-state index is 0.216. The molecule has 0 aliphatic carbocycles. The Labute approximate surface area is 204 Å². The Morgan fingerprint density at radius 3 is 2.25 bits per heavy atom. The summed E-state index contributed by atoms with van der Waals surface area (Å²) < 4.78 is 6.23. The summed E-state index contributed by atoms with van der Waals surface area (Å²) in [5.74, 6) is -2.35. The van der Waals surface area contributed by atoms with Crippen LogP contribution >= 0.6 is 0 Å². The molecule has 2 aromatic rings. The van der Waals surface area contributed by atoms with Gasteiger partial charge in [-0.1, -0.05) is 5.21 Å². The Morgan fingerprint density at radius 2 is 1.61 bits per heavy atom. The summed E-state index contributed by atoms with van der Waals surface area (Å²) in [5, 5.41) is 10.4. The van der Waals surface area contributed by atoms with Gasteiger partial charge >= 0.3 is 0 Å². The predicted molar refractivity (Wildman–Crippen MR) is 121 cm³/mol. The minimum atomic E-state index is -0.981. The quantitative estimate of drug-likeness (QED) is 0.410. The lowest BCUT2D eigenvalue weighted by Crippen LogP contribution is -2.65. The standard InChI is InChI=1S/C22H24N8O6/c1-36-11-4-2-10(3-5-11)20(33)25-12-6-8-28-15(12)21(34)29-9-7-13(16(29)22(28)35)30-17(19(24)32)14(18(23)31)26-27-30/h2-5,12-13,15-16H,6-9H2,1H3,(H2,23,31)(H2,24,32)(H,25,33). The summed E-state index contributed by atoms with van der Waals surface area (Å²) in [7, 11) is 1.53. The third-order valence-corrected chi connectivity index (χ3v) is 6.98. The SMILES string of the molecule is COc1ccc(C(=O)NC2CCN3C(=O)C4C(n5nnc(C(N)=O)c5C(N)=O)CCN4C(=O)C23)cc1. The monoisotopic (exact) mass is 496 g/mol. The molecule has 4 unspecified atom stereocenters. The fraction of sp³-hybridized carbons (Fsp3) is 0.409. The first-order valence-electron chi connectivity index (χ1n) is 11.3. The third-order valence-electron chi connectivity index (χ3n) is 6.98. The molecule has 14 heteroatoms. The number of benzene rings is 1. The molecule has 3 fully saturated rings. The van der Waals surface area contributed by atoms with Crippen molar-refractivity contribution in [2.45, 2.75) is 37.0 Å². The summed E-state index contributed by atoms with van der Waals surface area (Å²) in [5.41, 5.74) is 10.4. The van der Waals surface area contributed by atoms with Crippen molar-refractivity contribution in [1.29, 1.82) is 0 Å². The second kappa shape index (κ2) is 8.62. The van der Waals surface area contributed by atoms with E-state index in [4.69, 9.17) is 16.2 Å². The molecule has 0 saturated carbocycles. The second-order valence-electron chi connectivity index (χ2n) is 8.87. The van der Waals surface area contributed by atoms with E-state index in [0.717, 1.165) is 4.68 Å². The largest absolute Gasteiger partial charge is 0.497 e. The first-order valence-corrected chi connectivity index (χ1v) is 11.3. The highest BCUT2D eigenvalue weighted by atomic mass is 16.5. The van der Waals surface area contributed by atoms with Crippen LogP contribution in [0.4, 0.5) is 0 Å². The molecule has 1 aromatic heterocycles. The second-order valence-corrected chi connectivity index (χ2v) is 8.87. The minimum Gasteiger partial charge on any atom is -0.497 e. The lowest BCUT2D eigenvalue weighted by Gasteiger charge is -2.41. The first-order chi connectivity index (χ1) is 17.2. The van der Waals surface area contributed by atoms with Gasteiger partial charge in [0.25, 0.3) is 17.7 Å². The number of piperazine rings is 1. The number of rotatable bonds is 6. The van der Waals surface area contributed by atoms with Gasteiger partial charge in [-0.2, -0.15) is 0 Å². The number of carbonyl (C=O) groups excluding carboxylic acids is 5. The van der Waals surface area contributed by atoms with Gasteiger partial charge in [0.2, 0.25) is 11.8 Å². The van der Waals surface area contributed by atoms with E-state index in [0.29, 0.717) is 17.7 Å². The topological polar surface area (TPSA) is 196 Å². The maximum absolute atomic E-state index is 13.5. The van der Waals surface area contributed by atoms with Gasteiger partial charge in [0.15, 0.2) is 11.4 Å². The molecule has 5 amide bonds. The molecule has 5 rings (SSSR count). The molecule has 0 bridgehead atoms. The lowest BCUT2D eigenvalue weighted by atomic mass is 10.00. The van der Waals surface area contributed by atoms with Crippen LogP contribution in [-0.4, -0.2) is 92.7 Å². The van der Waals surface area contributed by atoms with E-state index in [1.54, 1.807) is 24.3 Å². The van der Waals surface area contributed by atoms with E-state index in [1.807, 2.05) is 0 Å². The number of carbonyl (C=O) groups is 5. The molecule has 4 heterocycles.